The van der Waals surface area contributed by atoms with E-state index in [4.69, 9.17) is 0 Å². The van der Waals surface area contributed by atoms with E-state index in [9.17, 15) is 4.79 Å². The van der Waals surface area contributed by atoms with Crippen molar-refractivity contribution in [2.45, 2.75) is 45.6 Å². The molecule has 0 aliphatic carbocycles. The van der Waals surface area contributed by atoms with Crippen molar-refractivity contribution in [3.8, 4) is 0 Å². The van der Waals surface area contributed by atoms with Crippen LogP contribution in [0.2, 0.25) is 0 Å². The largest absolute Gasteiger partial charge is 1.00 e. The van der Waals surface area contributed by atoms with Crippen LogP contribution >= 0.6 is 11.3 Å². The molecule has 0 radical (unpaired) electrons. The number of unbranched alkanes of at least 4 members (excludes halogenated alkanes) is 1. The van der Waals surface area contributed by atoms with Crippen LogP contribution in [0.1, 0.15) is 44.7 Å². The molecule has 0 saturated carbocycles. The third-order valence-electron chi connectivity index (χ3n) is 3.21. The van der Waals surface area contributed by atoms with E-state index in [1.807, 2.05) is 36.0 Å². The number of nitrogens with one attached hydrogen (secondary N) is 1. The molecule has 2 aromatic heterocycles. The minimum absolute atomic E-state index is 0. The summed E-state index contributed by atoms with van der Waals surface area (Å²) in [6.45, 7) is 5.15. The van der Waals surface area contributed by atoms with Crippen LogP contribution in [0.25, 0.3) is 0 Å². The number of halogens is 1. The third kappa shape index (κ3) is 6.23. The number of nitrogens with zero attached hydrogens (tertiary/aromatic N) is 2. The van der Waals surface area contributed by atoms with Crippen molar-refractivity contribution in [1.82, 2.24) is 4.98 Å². The average Bonchev–Trinajstić information content (AvgIpc) is 2.93. The summed E-state index contributed by atoms with van der Waals surface area (Å²) in [4.78, 5) is 16.3. The number of rotatable bonds is 7. The van der Waals surface area contributed by atoms with E-state index in [1.54, 1.807) is 0 Å². The van der Waals surface area contributed by atoms with Gasteiger partial charge >= 0.3 is 0 Å². The maximum Gasteiger partial charge on any atom is 0.226 e. The molecule has 6 heteroatoms. The van der Waals surface area contributed by atoms with E-state index < -0.39 is 0 Å². The maximum absolute atomic E-state index is 11.9. The first-order chi connectivity index (χ1) is 10.1. The monoisotopic (exact) mass is 383 g/mol. The van der Waals surface area contributed by atoms with Crippen molar-refractivity contribution in [2.75, 3.05) is 5.32 Å². The summed E-state index contributed by atoms with van der Waals surface area (Å²) < 4.78 is 2.13. The topological polar surface area (TPSA) is 45.9 Å². The van der Waals surface area contributed by atoms with E-state index in [2.05, 4.69) is 28.7 Å². The van der Waals surface area contributed by atoms with Crippen molar-refractivity contribution in [1.29, 1.82) is 0 Å². The molecular weight excluding hydrogens is 362 g/mol. The van der Waals surface area contributed by atoms with Gasteiger partial charge in [-0.25, -0.2) is 9.55 Å². The van der Waals surface area contributed by atoms with Crippen LogP contribution in [0.15, 0.2) is 36.0 Å². The number of thiazole rings is 1. The summed E-state index contributed by atoms with van der Waals surface area (Å²) in [6.07, 6.45) is 6.52. The highest BCUT2D eigenvalue weighted by Crippen LogP contribution is 2.21. The van der Waals surface area contributed by atoms with Crippen molar-refractivity contribution in [2.24, 2.45) is 0 Å². The molecule has 1 amide bonds. The summed E-state index contributed by atoms with van der Waals surface area (Å²) >= 11 is 1.50. The molecule has 2 heterocycles. The molecule has 0 unspecified atom stereocenters. The lowest BCUT2D eigenvalue weighted by molar-refractivity contribution is -0.697. The van der Waals surface area contributed by atoms with Gasteiger partial charge in [0.1, 0.15) is 6.54 Å². The summed E-state index contributed by atoms with van der Waals surface area (Å²) in [5.41, 5.74) is 1.04. The first kappa shape index (κ1) is 18.8. The summed E-state index contributed by atoms with van der Waals surface area (Å²) in [5.74, 6) is 0.451. The smallest absolute Gasteiger partial charge is 0.226 e. The summed E-state index contributed by atoms with van der Waals surface area (Å²) in [7, 11) is 0. The Morgan fingerprint density at radius 2 is 2.00 bits per heavy atom. The number of aryl methyl sites for hydroxylation is 1. The summed E-state index contributed by atoms with van der Waals surface area (Å²) in [6, 6.07) is 6.03. The molecule has 1 N–H and O–H groups in total. The fourth-order valence-electron chi connectivity index (χ4n) is 1.95. The van der Waals surface area contributed by atoms with Gasteiger partial charge in [-0.1, -0.05) is 19.9 Å². The number of hydrogen-bond acceptors (Lipinski definition) is 3. The molecule has 120 valence electrons. The van der Waals surface area contributed by atoms with Crippen LogP contribution in [0, 0.1) is 0 Å². The van der Waals surface area contributed by atoms with Gasteiger partial charge in [-0.15, -0.1) is 11.3 Å². The number of carbonyl (C=O) groups is 1. The standard InChI is InChI=1S/C16H21N3OS.BrH/c1-13(2)14-12-21-16(17-14)18-15(20)8-4-7-11-19-9-5-3-6-10-19;/h3,5-6,9-10,12-13H,4,7-8,11H2,1-2H3;1H. The molecule has 0 aliphatic heterocycles. The van der Waals surface area contributed by atoms with E-state index in [0.717, 1.165) is 25.1 Å². The number of pyridine rings is 1. The maximum atomic E-state index is 11.9. The van der Waals surface area contributed by atoms with Crippen molar-refractivity contribution < 1.29 is 26.3 Å². The molecule has 0 fully saturated rings. The second kappa shape index (κ2) is 9.69. The van der Waals surface area contributed by atoms with Crippen LogP contribution in [0.4, 0.5) is 5.13 Å². The third-order valence-corrected chi connectivity index (χ3v) is 3.98. The van der Waals surface area contributed by atoms with Crippen LogP contribution < -0.4 is 26.9 Å². The fraction of sp³-hybridized carbons (Fsp3) is 0.438. The predicted octanol–water partition coefficient (Wildman–Crippen LogP) is 0.367. The zero-order valence-corrected chi connectivity index (χ0v) is 15.4. The van der Waals surface area contributed by atoms with Crippen LogP contribution in [-0.4, -0.2) is 10.9 Å². The Kier molecular flexibility index (Phi) is 8.27. The van der Waals surface area contributed by atoms with E-state index >= 15 is 0 Å². The fourth-order valence-corrected chi connectivity index (χ4v) is 2.84. The molecule has 4 nitrogen and oxygen atoms in total. The molecular formula is C16H22BrN3OS. The van der Waals surface area contributed by atoms with Gasteiger partial charge < -0.3 is 22.3 Å². The van der Waals surface area contributed by atoms with Gasteiger partial charge in [0, 0.05) is 30.4 Å². The van der Waals surface area contributed by atoms with Gasteiger partial charge in [0.15, 0.2) is 17.5 Å². The number of anilines is 1. The Morgan fingerprint density at radius 3 is 2.64 bits per heavy atom. The van der Waals surface area contributed by atoms with Crippen molar-refractivity contribution >= 4 is 22.4 Å². The molecule has 2 rings (SSSR count). The molecule has 0 bridgehead atoms. The molecule has 0 aliphatic rings. The Bertz CT molecular complexity index is 572. The average molecular weight is 384 g/mol. The zero-order valence-electron chi connectivity index (χ0n) is 13.0. The van der Waals surface area contributed by atoms with Gasteiger partial charge in [-0.05, 0) is 12.3 Å². The molecule has 0 atom stereocenters. The van der Waals surface area contributed by atoms with Crippen LogP contribution in [0.3, 0.4) is 0 Å². The van der Waals surface area contributed by atoms with Gasteiger partial charge in [0.25, 0.3) is 0 Å². The predicted molar refractivity (Wildman–Crippen MR) is 85.3 cm³/mol. The molecule has 2 aromatic rings. The second-order valence-electron chi connectivity index (χ2n) is 5.35. The molecule has 22 heavy (non-hydrogen) atoms. The normalized spacial score (nSPS) is 10.3. The molecule has 0 spiro atoms. The minimum atomic E-state index is 0. The van der Waals surface area contributed by atoms with Gasteiger partial charge in [-0.3, -0.25) is 4.79 Å². The molecule has 0 saturated heterocycles. The Labute approximate surface area is 146 Å². The Hall–Kier alpha value is -1.27. The number of aromatic nitrogens is 2. The highest BCUT2D eigenvalue weighted by molar-refractivity contribution is 7.13. The Balaban J connectivity index is 0.00000242. The van der Waals surface area contributed by atoms with E-state index in [0.29, 0.717) is 17.5 Å². The first-order valence-corrected chi connectivity index (χ1v) is 8.22. The SMILES string of the molecule is CC(C)c1csc(NC(=O)CCCC[n+]2ccccc2)n1.[Br-]. The number of carbonyl (C=O) groups excluding carboxylic acids is 1. The highest BCUT2D eigenvalue weighted by Gasteiger charge is 2.09. The van der Waals surface area contributed by atoms with Crippen LogP contribution in [0.5, 0.6) is 0 Å². The highest BCUT2D eigenvalue weighted by atomic mass is 79.9. The van der Waals surface area contributed by atoms with Gasteiger partial charge in [0.05, 0.1) is 5.69 Å². The quantitative estimate of drug-likeness (QED) is 0.554. The van der Waals surface area contributed by atoms with Crippen molar-refractivity contribution in [3.05, 3.63) is 41.7 Å². The van der Waals surface area contributed by atoms with E-state index in [-0.39, 0.29) is 22.9 Å². The zero-order chi connectivity index (χ0) is 15.1. The lowest BCUT2D eigenvalue weighted by atomic mass is 10.2. The van der Waals surface area contributed by atoms with Crippen molar-refractivity contribution in [3.63, 3.8) is 0 Å². The van der Waals surface area contributed by atoms with Crippen LogP contribution in [-0.2, 0) is 11.3 Å². The lowest BCUT2D eigenvalue weighted by Gasteiger charge is -2.01. The number of hydrogen-bond donors (Lipinski definition) is 1. The minimum Gasteiger partial charge on any atom is -1.00 e. The summed E-state index contributed by atoms with van der Waals surface area (Å²) in [5, 5.41) is 5.59. The van der Waals surface area contributed by atoms with Gasteiger partial charge in [0.2, 0.25) is 5.91 Å². The van der Waals surface area contributed by atoms with E-state index in [1.165, 1.54) is 11.3 Å². The lowest BCUT2D eigenvalue weighted by Crippen LogP contribution is -3.00. The number of amides is 1. The Morgan fingerprint density at radius 1 is 1.27 bits per heavy atom. The second-order valence-corrected chi connectivity index (χ2v) is 6.21. The first-order valence-electron chi connectivity index (χ1n) is 7.34. The van der Waals surface area contributed by atoms with Gasteiger partial charge in [-0.2, -0.15) is 0 Å². The molecule has 0 aromatic carbocycles.